The number of hydrogen-bond donors (Lipinski definition) is 0. The van der Waals surface area contributed by atoms with Crippen molar-refractivity contribution < 1.29 is 13.2 Å². The average Bonchev–Trinajstić information content (AvgIpc) is 2.76. The van der Waals surface area contributed by atoms with Crippen molar-refractivity contribution >= 4 is 28.1 Å². The highest BCUT2D eigenvalue weighted by molar-refractivity contribution is 7.13. The van der Waals surface area contributed by atoms with Crippen molar-refractivity contribution in [3.63, 3.8) is 0 Å². The quantitative estimate of drug-likeness (QED) is 0.800. The van der Waals surface area contributed by atoms with Crippen LogP contribution < -0.4 is 4.90 Å². The number of anilines is 1. The molecule has 1 aromatic rings. The first kappa shape index (κ1) is 13.9. The van der Waals surface area contributed by atoms with Crippen LogP contribution in [0.1, 0.15) is 5.69 Å². The fourth-order valence-electron chi connectivity index (χ4n) is 1.85. The summed E-state index contributed by atoms with van der Waals surface area (Å²) in [6.45, 7) is 1.15. The molecule has 1 aromatic heterocycles. The number of hydrogen-bond acceptors (Lipinski definition) is 4. The molecule has 0 N–H and O–H groups in total. The molecule has 0 spiro atoms. The van der Waals surface area contributed by atoms with E-state index in [4.69, 9.17) is 11.6 Å². The predicted octanol–water partition coefficient (Wildman–Crippen LogP) is 2.57. The number of halogens is 4. The molecule has 0 atom stereocenters. The van der Waals surface area contributed by atoms with Gasteiger partial charge in [-0.05, 0) is 0 Å². The Morgan fingerprint density at radius 2 is 1.94 bits per heavy atom. The lowest BCUT2D eigenvalue weighted by Gasteiger charge is -2.34. The van der Waals surface area contributed by atoms with Gasteiger partial charge in [0.05, 0.1) is 18.1 Å². The van der Waals surface area contributed by atoms with Gasteiger partial charge in [0.15, 0.2) is 5.13 Å². The SMILES string of the molecule is FC(F)(F)CN1CCN(c2nc(CCl)cs2)CC1. The number of piperazine rings is 1. The molecular formula is C10H13ClF3N3S. The van der Waals surface area contributed by atoms with E-state index in [0.717, 1.165) is 10.8 Å². The van der Waals surface area contributed by atoms with Gasteiger partial charge in [0.2, 0.25) is 0 Å². The van der Waals surface area contributed by atoms with Crippen LogP contribution in [0.25, 0.3) is 0 Å². The Labute approximate surface area is 112 Å². The number of alkyl halides is 4. The van der Waals surface area contributed by atoms with Crippen LogP contribution in [0.15, 0.2) is 5.38 Å². The molecule has 102 valence electrons. The molecule has 2 rings (SSSR count). The maximum absolute atomic E-state index is 12.2. The average molecular weight is 300 g/mol. The van der Waals surface area contributed by atoms with Crippen LogP contribution in [0.4, 0.5) is 18.3 Å². The predicted molar refractivity (Wildman–Crippen MR) is 66.4 cm³/mol. The zero-order chi connectivity index (χ0) is 13.2. The summed E-state index contributed by atoms with van der Waals surface area (Å²) in [6, 6.07) is 0. The van der Waals surface area contributed by atoms with Gasteiger partial charge in [-0.25, -0.2) is 4.98 Å². The van der Waals surface area contributed by atoms with E-state index in [9.17, 15) is 13.2 Å². The molecule has 0 aromatic carbocycles. The Bertz CT molecular complexity index is 388. The summed E-state index contributed by atoms with van der Waals surface area (Å²) >= 11 is 7.15. The number of nitrogens with zero attached hydrogens (tertiary/aromatic N) is 3. The van der Waals surface area contributed by atoms with Crippen molar-refractivity contribution in [2.45, 2.75) is 12.1 Å². The molecule has 1 saturated heterocycles. The third-order valence-electron chi connectivity index (χ3n) is 2.72. The van der Waals surface area contributed by atoms with Crippen molar-refractivity contribution in [1.29, 1.82) is 0 Å². The van der Waals surface area contributed by atoms with E-state index < -0.39 is 12.7 Å². The molecule has 0 bridgehead atoms. The summed E-state index contributed by atoms with van der Waals surface area (Å²) in [5, 5.41) is 2.72. The maximum Gasteiger partial charge on any atom is 0.401 e. The van der Waals surface area contributed by atoms with Gasteiger partial charge in [0.25, 0.3) is 0 Å². The number of aromatic nitrogens is 1. The molecule has 1 fully saturated rings. The summed E-state index contributed by atoms with van der Waals surface area (Å²) < 4.78 is 36.7. The zero-order valence-electron chi connectivity index (χ0n) is 9.58. The Hall–Kier alpha value is -0.530. The lowest BCUT2D eigenvalue weighted by molar-refractivity contribution is -0.146. The van der Waals surface area contributed by atoms with Gasteiger partial charge in [-0.2, -0.15) is 13.2 Å². The van der Waals surface area contributed by atoms with Gasteiger partial charge in [-0.1, -0.05) is 0 Å². The monoisotopic (exact) mass is 299 g/mol. The molecule has 1 aliphatic rings. The highest BCUT2D eigenvalue weighted by Gasteiger charge is 2.32. The molecular weight excluding hydrogens is 287 g/mol. The number of thiazole rings is 1. The van der Waals surface area contributed by atoms with E-state index in [2.05, 4.69) is 4.98 Å². The lowest BCUT2D eigenvalue weighted by atomic mass is 10.3. The third kappa shape index (κ3) is 3.73. The van der Waals surface area contributed by atoms with Gasteiger partial charge < -0.3 is 4.90 Å². The molecule has 0 amide bonds. The molecule has 2 heterocycles. The highest BCUT2D eigenvalue weighted by atomic mass is 35.5. The van der Waals surface area contributed by atoms with Crippen LogP contribution in [-0.4, -0.2) is 48.8 Å². The second kappa shape index (κ2) is 5.63. The van der Waals surface area contributed by atoms with Gasteiger partial charge in [0.1, 0.15) is 0 Å². The Morgan fingerprint density at radius 3 is 2.44 bits per heavy atom. The van der Waals surface area contributed by atoms with E-state index in [1.54, 1.807) is 0 Å². The summed E-state index contributed by atoms with van der Waals surface area (Å²) in [4.78, 5) is 7.75. The largest absolute Gasteiger partial charge is 0.401 e. The topological polar surface area (TPSA) is 19.4 Å². The van der Waals surface area contributed by atoms with Crippen molar-refractivity contribution in [2.24, 2.45) is 0 Å². The van der Waals surface area contributed by atoms with Crippen LogP contribution in [0.2, 0.25) is 0 Å². The van der Waals surface area contributed by atoms with E-state index in [1.165, 1.54) is 16.2 Å². The molecule has 8 heteroatoms. The normalized spacial score (nSPS) is 18.3. The van der Waals surface area contributed by atoms with Crippen molar-refractivity contribution in [3.05, 3.63) is 11.1 Å². The first-order valence-corrected chi connectivity index (χ1v) is 6.94. The summed E-state index contributed by atoms with van der Waals surface area (Å²) in [5.74, 6) is 0.366. The first-order chi connectivity index (χ1) is 8.48. The minimum Gasteiger partial charge on any atom is -0.346 e. The van der Waals surface area contributed by atoms with Gasteiger partial charge in [-0.3, -0.25) is 4.90 Å². The smallest absolute Gasteiger partial charge is 0.346 e. The van der Waals surface area contributed by atoms with E-state index >= 15 is 0 Å². The fraction of sp³-hybridized carbons (Fsp3) is 0.700. The zero-order valence-corrected chi connectivity index (χ0v) is 11.2. The first-order valence-electron chi connectivity index (χ1n) is 5.52. The summed E-state index contributed by atoms with van der Waals surface area (Å²) in [6.07, 6.45) is -4.12. The molecule has 3 nitrogen and oxygen atoms in total. The van der Waals surface area contributed by atoms with Gasteiger partial charge in [0, 0.05) is 31.6 Å². The van der Waals surface area contributed by atoms with E-state index in [-0.39, 0.29) is 0 Å². The Morgan fingerprint density at radius 1 is 1.28 bits per heavy atom. The second-order valence-corrected chi connectivity index (χ2v) is 5.24. The summed E-state index contributed by atoms with van der Waals surface area (Å²) in [5.41, 5.74) is 0.814. The molecule has 18 heavy (non-hydrogen) atoms. The highest BCUT2D eigenvalue weighted by Crippen LogP contribution is 2.24. The third-order valence-corrected chi connectivity index (χ3v) is 3.95. The minimum absolute atomic E-state index is 0.366. The maximum atomic E-state index is 12.2. The number of rotatable bonds is 3. The van der Waals surface area contributed by atoms with Gasteiger partial charge in [-0.15, -0.1) is 22.9 Å². The van der Waals surface area contributed by atoms with Gasteiger partial charge >= 0.3 is 6.18 Å². The Balaban J connectivity index is 1.86. The molecule has 0 saturated carbocycles. The summed E-state index contributed by atoms with van der Waals surface area (Å²) in [7, 11) is 0. The molecule has 0 aliphatic carbocycles. The molecule has 0 radical (unpaired) electrons. The molecule has 0 unspecified atom stereocenters. The molecule has 1 aliphatic heterocycles. The van der Waals surface area contributed by atoms with Crippen LogP contribution in [0.5, 0.6) is 0 Å². The van der Waals surface area contributed by atoms with Crippen LogP contribution >= 0.6 is 22.9 Å². The standard InChI is InChI=1S/C10H13ClF3N3S/c11-5-8-6-18-9(15-8)17-3-1-16(2-4-17)7-10(12,13)14/h6H,1-5,7H2. The van der Waals surface area contributed by atoms with Crippen LogP contribution in [-0.2, 0) is 5.88 Å². The second-order valence-electron chi connectivity index (χ2n) is 4.13. The Kier molecular flexibility index (Phi) is 4.34. The van der Waals surface area contributed by atoms with Crippen molar-refractivity contribution in [2.75, 3.05) is 37.6 Å². The van der Waals surface area contributed by atoms with E-state index in [0.29, 0.717) is 32.1 Å². The van der Waals surface area contributed by atoms with Crippen molar-refractivity contribution in [3.8, 4) is 0 Å². The lowest BCUT2D eigenvalue weighted by Crippen LogP contribution is -2.49. The van der Waals surface area contributed by atoms with Crippen LogP contribution in [0.3, 0.4) is 0 Å². The fourth-order valence-corrected chi connectivity index (χ4v) is 2.96. The van der Waals surface area contributed by atoms with E-state index in [1.807, 2.05) is 10.3 Å². The van der Waals surface area contributed by atoms with Crippen LogP contribution in [0, 0.1) is 0 Å². The minimum atomic E-state index is -4.12. The van der Waals surface area contributed by atoms with Crippen molar-refractivity contribution in [1.82, 2.24) is 9.88 Å².